The van der Waals surface area contributed by atoms with Crippen molar-refractivity contribution < 1.29 is 5.11 Å². The zero-order chi connectivity index (χ0) is 13.6. The monoisotopic (exact) mass is 250 g/mol. The van der Waals surface area contributed by atoms with Gasteiger partial charge in [0.25, 0.3) is 0 Å². The standard InChI is InChI=1S/C15H26N2O/c1-5-14(13-9-7-6-8-10-13)16-11-15(2,18)12-17(3)4/h6-10,14,16,18H,5,11-12H2,1-4H3. The summed E-state index contributed by atoms with van der Waals surface area (Å²) in [4.78, 5) is 2.01. The number of benzene rings is 1. The van der Waals surface area contributed by atoms with Crippen molar-refractivity contribution in [3.05, 3.63) is 35.9 Å². The fourth-order valence-corrected chi connectivity index (χ4v) is 2.26. The van der Waals surface area contributed by atoms with Crippen LogP contribution in [0.15, 0.2) is 30.3 Å². The average molecular weight is 250 g/mol. The van der Waals surface area contributed by atoms with Crippen LogP contribution in [0.5, 0.6) is 0 Å². The molecule has 0 saturated carbocycles. The summed E-state index contributed by atoms with van der Waals surface area (Å²) in [5.41, 5.74) is 0.576. The molecule has 0 saturated heterocycles. The Bertz CT molecular complexity index is 336. The van der Waals surface area contributed by atoms with Crippen molar-refractivity contribution in [3.63, 3.8) is 0 Å². The number of likely N-dealkylation sites (N-methyl/N-ethyl adjacent to an activating group) is 1. The SMILES string of the molecule is CCC(NCC(C)(O)CN(C)C)c1ccccc1. The maximum atomic E-state index is 10.3. The van der Waals surface area contributed by atoms with E-state index in [1.165, 1.54) is 5.56 Å². The van der Waals surface area contributed by atoms with E-state index < -0.39 is 5.60 Å². The van der Waals surface area contributed by atoms with Crippen LogP contribution in [0.2, 0.25) is 0 Å². The molecule has 1 aromatic rings. The van der Waals surface area contributed by atoms with Crippen molar-refractivity contribution in [3.8, 4) is 0 Å². The third-order valence-electron chi connectivity index (χ3n) is 3.00. The Balaban J connectivity index is 2.55. The lowest BCUT2D eigenvalue weighted by Crippen LogP contribution is -2.46. The highest BCUT2D eigenvalue weighted by molar-refractivity contribution is 5.18. The van der Waals surface area contributed by atoms with Crippen LogP contribution in [-0.4, -0.2) is 42.8 Å². The fourth-order valence-electron chi connectivity index (χ4n) is 2.26. The molecule has 0 aliphatic rings. The lowest BCUT2D eigenvalue weighted by Gasteiger charge is -2.29. The lowest BCUT2D eigenvalue weighted by atomic mass is 10.0. The summed E-state index contributed by atoms with van der Waals surface area (Å²) in [7, 11) is 3.95. The van der Waals surface area contributed by atoms with Gasteiger partial charge in [-0.3, -0.25) is 0 Å². The van der Waals surface area contributed by atoms with Crippen LogP contribution >= 0.6 is 0 Å². The molecule has 0 aromatic heterocycles. The van der Waals surface area contributed by atoms with E-state index in [1.807, 2.05) is 32.0 Å². The molecular formula is C15H26N2O. The number of nitrogens with one attached hydrogen (secondary N) is 1. The van der Waals surface area contributed by atoms with Gasteiger partial charge in [0.1, 0.15) is 0 Å². The highest BCUT2D eigenvalue weighted by Crippen LogP contribution is 2.16. The first-order valence-corrected chi connectivity index (χ1v) is 6.60. The van der Waals surface area contributed by atoms with Crippen LogP contribution in [0.25, 0.3) is 0 Å². The molecule has 1 rings (SSSR count). The Morgan fingerprint density at radius 3 is 2.39 bits per heavy atom. The minimum absolute atomic E-state index is 0.305. The maximum absolute atomic E-state index is 10.3. The van der Waals surface area contributed by atoms with Crippen molar-refractivity contribution >= 4 is 0 Å². The van der Waals surface area contributed by atoms with Gasteiger partial charge in [-0.2, -0.15) is 0 Å². The van der Waals surface area contributed by atoms with Crippen LogP contribution in [0.3, 0.4) is 0 Å². The molecule has 3 heteroatoms. The number of hydrogen-bond acceptors (Lipinski definition) is 3. The molecule has 2 atom stereocenters. The van der Waals surface area contributed by atoms with E-state index in [0.717, 1.165) is 6.42 Å². The van der Waals surface area contributed by atoms with E-state index >= 15 is 0 Å². The van der Waals surface area contributed by atoms with E-state index in [0.29, 0.717) is 19.1 Å². The van der Waals surface area contributed by atoms with E-state index in [9.17, 15) is 5.11 Å². The van der Waals surface area contributed by atoms with Gasteiger partial charge in [-0.05, 0) is 33.0 Å². The van der Waals surface area contributed by atoms with Crippen LogP contribution in [0, 0.1) is 0 Å². The Morgan fingerprint density at radius 2 is 1.89 bits per heavy atom. The second kappa shape index (κ2) is 6.88. The first-order chi connectivity index (χ1) is 8.44. The van der Waals surface area contributed by atoms with Crippen LogP contribution < -0.4 is 5.32 Å². The van der Waals surface area contributed by atoms with Gasteiger partial charge in [0, 0.05) is 19.1 Å². The second-order valence-electron chi connectivity index (χ2n) is 5.49. The summed E-state index contributed by atoms with van der Waals surface area (Å²) >= 11 is 0. The first kappa shape index (κ1) is 15.2. The summed E-state index contributed by atoms with van der Waals surface area (Å²) in [6.07, 6.45) is 1.02. The molecule has 0 spiro atoms. The molecule has 0 radical (unpaired) electrons. The van der Waals surface area contributed by atoms with Gasteiger partial charge in [0.2, 0.25) is 0 Å². The third kappa shape index (κ3) is 5.17. The largest absolute Gasteiger partial charge is 0.388 e. The Hall–Kier alpha value is -0.900. The van der Waals surface area contributed by atoms with Crippen molar-refractivity contribution in [2.24, 2.45) is 0 Å². The van der Waals surface area contributed by atoms with Gasteiger partial charge in [0.15, 0.2) is 0 Å². The van der Waals surface area contributed by atoms with Crippen LogP contribution in [0.1, 0.15) is 31.9 Å². The highest BCUT2D eigenvalue weighted by Gasteiger charge is 2.22. The number of nitrogens with zero attached hydrogens (tertiary/aromatic N) is 1. The Kier molecular flexibility index (Phi) is 5.79. The minimum atomic E-state index is -0.703. The molecule has 0 bridgehead atoms. The zero-order valence-corrected chi connectivity index (χ0v) is 12.0. The average Bonchev–Trinajstić information content (AvgIpc) is 2.29. The molecule has 2 unspecified atom stereocenters. The maximum Gasteiger partial charge on any atom is 0.0869 e. The van der Waals surface area contributed by atoms with Gasteiger partial charge in [-0.1, -0.05) is 37.3 Å². The predicted molar refractivity (Wildman–Crippen MR) is 76.7 cm³/mol. The van der Waals surface area contributed by atoms with E-state index in [1.54, 1.807) is 0 Å². The van der Waals surface area contributed by atoms with E-state index in [2.05, 4.69) is 36.5 Å². The molecule has 0 heterocycles. The van der Waals surface area contributed by atoms with Crippen molar-refractivity contribution in [2.75, 3.05) is 27.2 Å². The molecule has 0 fully saturated rings. The molecule has 0 aliphatic heterocycles. The summed E-state index contributed by atoms with van der Waals surface area (Å²) in [5, 5.41) is 13.7. The van der Waals surface area contributed by atoms with Crippen molar-refractivity contribution in [2.45, 2.75) is 31.9 Å². The van der Waals surface area contributed by atoms with Gasteiger partial charge in [-0.25, -0.2) is 0 Å². The molecule has 0 aliphatic carbocycles. The number of rotatable bonds is 7. The van der Waals surface area contributed by atoms with Crippen LogP contribution in [0.4, 0.5) is 0 Å². The first-order valence-electron chi connectivity index (χ1n) is 6.60. The zero-order valence-electron chi connectivity index (χ0n) is 12.0. The van der Waals surface area contributed by atoms with Crippen molar-refractivity contribution in [1.82, 2.24) is 10.2 Å². The summed E-state index contributed by atoms with van der Waals surface area (Å²) in [5.74, 6) is 0. The molecule has 18 heavy (non-hydrogen) atoms. The van der Waals surface area contributed by atoms with E-state index in [4.69, 9.17) is 0 Å². The Morgan fingerprint density at radius 1 is 1.28 bits per heavy atom. The molecular weight excluding hydrogens is 224 g/mol. The smallest absolute Gasteiger partial charge is 0.0869 e. The second-order valence-corrected chi connectivity index (χ2v) is 5.49. The van der Waals surface area contributed by atoms with Gasteiger partial charge >= 0.3 is 0 Å². The van der Waals surface area contributed by atoms with Crippen molar-refractivity contribution in [1.29, 1.82) is 0 Å². The normalized spacial score (nSPS) is 16.6. The van der Waals surface area contributed by atoms with Crippen LogP contribution in [-0.2, 0) is 0 Å². The molecule has 2 N–H and O–H groups in total. The summed E-state index contributed by atoms with van der Waals surface area (Å²) < 4.78 is 0. The Labute approximate surface area is 111 Å². The minimum Gasteiger partial charge on any atom is -0.388 e. The quantitative estimate of drug-likeness (QED) is 0.777. The number of hydrogen-bond donors (Lipinski definition) is 2. The van der Waals surface area contributed by atoms with E-state index in [-0.39, 0.29) is 0 Å². The third-order valence-corrected chi connectivity index (χ3v) is 3.00. The molecule has 3 nitrogen and oxygen atoms in total. The summed E-state index contributed by atoms with van der Waals surface area (Å²) in [6.45, 7) is 5.28. The van der Waals surface area contributed by atoms with Gasteiger partial charge in [-0.15, -0.1) is 0 Å². The summed E-state index contributed by atoms with van der Waals surface area (Å²) in [6, 6.07) is 10.7. The van der Waals surface area contributed by atoms with Gasteiger partial charge < -0.3 is 15.3 Å². The predicted octanol–water partition coefficient (Wildman–Crippen LogP) is 2.04. The topological polar surface area (TPSA) is 35.5 Å². The molecule has 0 amide bonds. The number of aliphatic hydroxyl groups is 1. The fraction of sp³-hybridized carbons (Fsp3) is 0.600. The highest BCUT2D eigenvalue weighted by atomic mass is 16.3. The van der Waals surface area contributed by atoms with Gasteiger partial charge in [0.05, 0.1) is 5.60 Å². The lowest BCUT2D eigenvalue weighted by molar-refractivity contribution is 0.0311. The molecule has 1 aromatic carbocycles. The molecule has 102 valence electrons.